The van der Waals surface area contributed by atoms with Gasteiger partial charge in [0.05, 0.1) is 12.7 Å². The molecule has 0 aromatic rings. The van der Waals surface area contributed by atoms with Crippen LogP contribution in [0.4, 0.5) is 0 Å². The third kappa shape index (κ3) is 3.91. The van der Waals surface area contributed by atoms with Crippen molar-refractivity contribution in [2.45, 2.75) is 44.4 Å². The molecule has 2 aliphatic rings. The zero-order valence-corrected chi connectivity index (χ0v) is 11.1. The second-order valence-electron chi connectivity index (χ2n) is 5.56. The maximum Gasteiger partial charge on any atom is 0.0680 e. The van der Waals surface area contributed by atoms with Gasteiger partial charge in [0.1, 0.15) is 0 Å². The highest BCUT2D eigenvalue weighted by Gasteiger charge is 2.33. The van der Waals surface area contributed by atoms with Crippen LogP contribution < -0.4 is 5.32 Å². The van der Waals surface area contributed by atoms with Gasteiger partial charge < -0.3 is 15.2 Å². The van der Waals surface area contributed by atoms with Crippen molar-refractivity contribution in [2.75, 3.05) is 33.4 Å². The Balaban J connectivity index is 1.81. The first-order valence-electron chi connectivity index (χ1n) is 6.85. The molecular weight excluding hydrogens is 216 g/mol. The minimum Gasteiger partial charge on any atom is -0.392 e. The summed E-state index contributed by atoms with van der Waals surface area (Å²) in [5, 5.41) is 12.9. The monoisotopic (exact) mass is 242 g/mol. The Kier molecular flexibility index (Phi) is 4.79. The van der Waals surface area contributed by atoms with Gasteiger partial charge in [0.15, 0.2) is 0 Å². The van der Waals surface area contributed by atoms with Crippen LogP contribution in [0, 0.1) is 5.92 Å². The van der Waals surface area contributed by atoms with Crippen molar-refractivity contribution in [1.29, 1.82) is 0 Å². The molecule has 1 aliphatic heterocycles. The lowest BCUT2D eigenvalue weighted by Gasteiger charge is -2.31. The van der Waals surface area contributed by atoms with Crippen molar-refractivity contribution in [3.8, 4) is 0 Å². The Bertz CT molecular complexity index is 233. The van der Waals surface area contributed by atoms with E-state index in [2.05, 4.69) is 17.1 Å². The van der Waals surface area contributed by atoms with Gasteiger partial charge in [-0.3, -0.25) is 4.90 Å². The molecule has 1 saturated heterocycles. The zero-order chi connectivity index (χ0) is 12.3. The van der Waals surface area contributed by atoms with E-state index in [4.69, 9.17) is 4.74 Å². The Morgan fingerprint density at radius 2 is 2.24 bits per heavy atom. The molecule has 4 nitrogen and oxygen atoms in total. The number of nitrogens with zero attached hydrogens (tertiary/aromatic N) is 1. The van der Waals surface area contributed by atoms with Crippen LogP contribution in [0.15, 0.2) is 0 Å². The van der Waals surface area contributed by atoms with E-state index in [9.17, 15) is 5.11 Å². The number of ether oxygens (including phenoxy) is 1. The van der Waals surface area contributed by atoms with Gasteiger partial charge in [-0.15, -0.1) is 0 Å². The number of β-amino-alcohol motifs (C(OH)–C–C–N with tert-alkyl or cyclic N) is 1. The number of methoxy groups -OCH3 is 1. The molecule has 1 heterocycles. The first-order valence-corrected chi connectivity index (χ1v) is 6.85. The van der Waals surface area contributed by atoms with E-state index in [1.54, 1.807) is 7.11 Å². The summed E-state index contributed by atoms with van der Waals surface area (Å²) in [4.78, 5) is 2.52. The molecule has 3 unspecified atom stereocenters. The fourth-order valence-corrected chi connectivity index (χ4v) is 2.77. The average Bonchev–Trinajstić information content (AvgIpc) is 3.08. The molecule has 2 fully saturated rings. The number of hydrogen-bond acceptors (Lipinski definition) is 4. The molecule has 0 amide bonds. The summed E-state index contributed by atoms with van der Waals surface area (Å²) in [5.41, 5.74) is 0. The van der Waals surface area contributed by atoms with Crippen molar-refractivity contribution in [3.05, 3.63) is 0 Å². The molecule has 100 valence electrons. The third-order valence-electron chi connectivity index (χ3n) is 4.12. The molecule has 0 aromatic carbocycles. The second-order valence-corrected chi connectivity index (χ2v) is 5.56. The highest BCUT2D eigenvalue weighted by Crippen LogP contribution is 2.35. The standard InChI is InChI=1S/C13H26N2O2/c1-10(11-3-4-11)15(5-6-17-2)9-12-7-13(16)8-14-12/h10-14,16H,3-9H2,1-2H3. The molecule has 0 aromatic heterocycles. The molecule has 0 spiro atoms. The lowest BCUT2D eigenvalue weighted by molar-refractivity contribution is 0.108. The van der Waals surface area contributed by atoms with Crippen LogP contribution in [0.25, 0.3) is 0 Å². The molecule has 17 heavy (non-hydrogen) atoms. The van der Waals surface area contributed by atoms with Crippen molar-refractivity contribution in [2.24, 2.45) is 5.92 Å². The lowest BCUT2D eigenvalue weighted by atomic mass is 10.1. The Hall–Kier alpha value is -0.160. The predicted molar refractivity (Wildman–Crippen MR) is 68.0 cm³/mol. The fraction of sp³-hybridized carbons (Fsp3) is 1.00. The molecule has 2 N–H and O–H groups in total. The topological polar surface area (TPSA) is 44.7 Å². The molecule has 0 bridgehead atoms. The minimum absolute atomic E-state index is 0.152. The molecular formula is C13H26N2O2. The molecule has 2 rings (SSSR count). The summed E-state index contributed by atoms with van der Waals surface area (Å²) in [6.07, 6.45) is 3.50. The van der Waals surface area contributed by atoms with Crippen LogP contribution in [-0.2, 0) is 4.74 Å². The number of hydrogen-bond donors (Lipinski definition) is 2. The van der Waals surface area contributed by atoms with Crippen molar-refractivity contribution < 1.29 is 9.84 Å². The van der Waals surface area contributed by atoms with Gasteiger partial charge in [-0.05, 0) is 32.1 Å². The molecule has 0 radical (unpaired) electrons. The maximum atomic E-state index is 9.54. The van der Waals surface area contributed by atoms with Crippen LogP contribution in [0.2, 0.25) is 0 Å². The summed E-state index contributed by atoms with van der Waals surface area (Å²) in [6, 6.07) is 1.10. The van der Waals surface area contributed by atoms with Crippen molar-refractivity contribution >= 4 is 0 Å². The number of rotatable bonds is 7. The van der Waals surface area contributed by atoms with E-state index < -0.39 is 0 Å². The van der Waals surface area contributed by atoms with Crippen LogP contribution in [0.3, 0.4) is 0 Å². The van der Waals surface area contributed by atoms with Crippen molar-refractivity contribution in [1.82, 2.24) is 10.2 Å². The van der Waals surface area contributed by atoms with Gasteiger partial charge >= 0.3 is 0 Å². The smallest absolute Gasteiger partial charge is 0.0680 e. The number of aliphatic hydroxyl groups is 1. The molecule has 1 saturated carbocycles. The largest absolute Gasteiger partial charge is 0.392 e. The minimum atomic E-state index is -0.152. The average molecular weight is 242 g/mol. The van der Waals surface area contributed by atoms with Gasteiger partial charge in [-0.1, -0.05) is 0 Å². The molecule has 4 heteroatoms. The van der Waals surface area contributed by atoms with Crippen molar-refractivity contribution in [3.63, 3.8) is 0 Å². The number of aliphatic hydroxyl groups excluding tert-OH is 1. The van der Waals surface area contributed by atoms with Gasteiger partial charge in [-0.2, -0.15) is 0 Å². The van der Waals surface area contributed by atoms with Crippen LogP contribution in [0.5, 0.6) is 0 Å². The van der Waals surface area contributed by atoms with Crippen LogP contribution in [-0.4, -0.2) is 61.5 Å². The lowest BCUT2D eigenvalue weighted by Crippen LogP contribution is -2.44. The first-order chi connectivity index (χ1) is 8.20. The van der Waals surface area contributed by atoms with Gasteiger partial charge in [-0.25, -0.2) is 0 Å². The summed E-state index contributed by atoms with van der Waals surface area (Å²) in [5.74, 6) is 0.887. The van der Waals surface area contributed by atoms with E-state index in [1.807, 2.05) is 0 Å². The Labute approximate surface area is 104 Å². The quantitative estimate of drug-likeness (QED) is 0.681. The van der Waals surface area contributed by atoms with E-state index in [0.717, 1.165) is 38.6 Å². The summed E-state index contributed by atoms with van der Waals surface area (Å²) in [6.45, 7) is 5.92. The maximum absolute atomic E-state index is 9.54. The van der Waals surface area contributed by atoms with Crippen LogP contribution in [0.1, 0.15) is 26.2 Å². The van der Waals surface area contributed by atoms with E-state index in [0.29, 0.717) is 12.1 Å². The molecule has 1 aliphatic carbocycles. The number of nitrogens with one attached hydrogen (secondary N) is 1. The summed E-state index contributed by atoms with van der Waals surface area (Å²) >= 11 is 0. The second kappa shape index (κ2) is 6.14. The third-order valence-corrected chi connectivity index (χ3v) is 4.12. The van der Waals surface area contributed by atoms with E-state index in [1.165, 1.54) is 12.8 Å². The Morgan fingerprint density at radius 3 is 2.76 bits per heavy atom. The zero-order valence-electron chi connectivity index (χ0n) is 11.1. The highest BCUT2D eigenvalue weighted by atomic mass is 16.5. The van der Waals surface area contributed by atoms with Crippen LogP contribution >= 0.6 is 0 Å². The Morgan fingerprint density at radius 1 is 1.47 bits per heavy atom. The SMILES string of the molecule is COCCN(CC1CC(O)CN1)C(C)C1CC1. The molecule has 3 atom stereocenters. The summed E-state index contributed by atoms with van der Waals surface area (Å²) < 4.78 is 5.20. The first kappa shape index (κ1) is 13.3. The normalized spacial score (nSPS) is 31.1. The highest BCUT2D eigenvalue weighted by molar-refractivity contribution is 4.89. The van der Waals surface area contributed by atoms with E-state index >= 15 is 0 Å². The van der Waals surface area contributed by atoms with Gasteiger partial charge in [0, 0.05) is 38.8 Å². The fourth-order valence-electron chi connectivity index (χ4n) is 2.77. The summed E-state index contributed by atoms with van der Waals surface area (Å²) in [7, 11) is 1.76. The predicted octanol–water partition coefficient (Wildman–Crippen LogP) is 0.456. The van der Waals surface area contributed by atoms with Gasteiger partial charge in [0.2, 0.25) is 0 Å². The van der Waals surface area contributed by atoms with E-state index in [-0.39, 0.29) is 6.10 Å². The van der Waals surface area contributed by atoms with Gasteiger partial charge in [0.25, 0.3) is 0 Å².